The quantitative estimate of drug-likeness (QED) is 0.822. The Labute approximate surface area is 139 Å². The SMILES string of the molecule is COc1cc(SC)ccc1C(=O)Nc1ccc(NC(C)=O)cc1. The summed E-state index contributed by atoms with van der Waals surface area (Å²) in [5.74, 6) is 0.145. The number of amides is 2. The van der Waals surface area contributed by atoms with Crippen molar-refractivity contribution in [3.8, 4) is 5.75 Å². The molecule has 0 unspecified atom stereocenters. The third-order valence-electron chi connectivity index (χ3n) is 3.12. The van der Waals surface area contributed by atoms with Crippen molar-refractivity contribution < 1.29 is 14.3 Å². The summed E-state index contributed by atoms with van der Waals surface area (Å²) in [5, 5.41) is 5.49. The third-order valence-corrected chi connectivity index (χ3v) is 3.84. The third kappa shape index (κ3) is 4.50. The van der Waals surface area contributed by atoms with Crippen molar-refractivity contribution in [2.75, 3.05) is 24.0 Å². The van der Waals surface area contributed by atoms with Crippen LogP contribution in [0.2, 0.25) is 0 Å². The molecule has 0 fully saturated rings. The van der Waals surface area contributed by atoms with Gasteiger partial charge in [0, 0.05) is 23.2 Å². The van der Waals surface area contributed by atoms with Crippen LogP contribution in [0.1, 0.15) is 17.3 Å². The fourth-order valence-corrected chi connectivity index (χ4v) is 2.45. The number of anilines is 2. The summed E-state index contributed by atoms with van der Waals surface area (Å²) in [7, 11) is 1.54. The number of carbonyl (C=O) groups is 2. The van der Waals surface area contributed by atoms with Crippen molar-refractivity contribution in [3.05, 3.63) is 48.0 Å². The van der Waals surface area contributed by atoms with Crippen LogP contribution < -0.4 is 15.4 Å². The van der Waals surface area contributed by atoms with E-state index in [1.807, 2.05) is 18.4 Å². The first kappa shape index (κ1) is 16.9. The largest absolute Gasteiger partial charge is 0.496 e. The van der Waals surface area contributed by atoms with E-state index in [9.17, 15) is 9.59 Å². The molecular weight excluding hydrogens is 312 g/mol. The minimum atomic E-state index is -0.248. The zero-order valence-corrected chi connectivity index (χ0v) is 14.0. The summed E-state index contributed by atoms with van der Waals surface area (Å²) >= 11 is 1.58. The molecule has 0 aliphatic carbocycles. The smallest absolute Gasteiger partial charge is 0.259 e. The Hall–Kier alpha value is -2.47. The van der Waals surface area contributed by atoms with Crippen LogP contribution in [0.5, 0.6) is 5.75 Å². The number of benzene rings is 2. The van der Waals surface area contributed by atoms with E-state index in [0.29, 0.717) is 22.7 Å². The highest BCUT2D eigenvalue weighted by Crippen LogP contribution is 2.26. The van der Waals surface area contributed by atoms with Crippen molar-refractivity contribution in [2.45, 2.75) is 11.8 Å². The Balaban J connectivity index is 2.14. The average Bonchev–Trinajstić information content (AvgIpc) is 2.55. The molecule has 23 heavy (non-hydrogen) atoms. The van der Waals surface area contributed by atoms with Crippen molar-refractivity contribution >= 4 is 35.0 Å². The first-order valence-corrected chi connectivity index (χ1v) is 8.17. The van der Waals surface area contributed by atoms with Crippen LogP contribution in [0, 0.1) is 0 Å². The highest BCUT2D eigenvalue weighted by Gasteiger charge is 2.13. The molecule has 0 spiro atoms. The highest BCUT2D eigenvalue weighted by atomic mass is 32.2. The van der Waals surface area contributed by atoms with Crippen LogP contribution >= 0.6 is 11.8 Å². The first-order chi connectivity index (χ1) is 11.0. The van der Waals surface area contributed by atoms with Crippen molar-refractivity contribution in [1.29, 1.82) is 0 Å². The number of nitrogens with one attached hydrogen (secondary N) is 2. The molecule has 6 heteroatoms. The zero-order chi connectivity index (χ0) is 16.8. The molecule has 0 aliphatic rings. The van der Waals surface area contributed by atoms with E-state index in [4.69, 9.17) is 4.74 Å². The molecule has 2 amide bonds. The Morgan fingerprint density at radius 3 is 2.13 bits per heavy atom. The molecule has 120 valence electrons. The molecule has 2 rings (SSSR count). The molecule has 0 saturated carbocycles. The maximum atomic E-state index is 12.4. The van der Waals surface area contributed by atoms with Crippen molar-refractivity contribution in [3.63, 3.8) is 0 Å². The van der Waals surface area contributed by atoms with Gasteiger partial charge in [0.15, 0.2) is 0 Å². The Bertz CT molecular complexity index is 714. The van der Waals surface area contributed by atoms with Gasteiger partial charge in [-0.05, 0) is 48.7 Å². The molecule has 0 saturated heterocycles. The summed E-state index contributed by atoms with van der Waals surface area (Å²) in [4.78, 5) is 24.4. The Morgan fingerprint density at radius 1 is 1.00 bits per heavy atom. The van der Waals surface area contributed by atoms with Gasteiger partial charge < -0.3 is 15.4 Å². The van der Waals surface area contributed by atoms with Gasteiger partial charge in [-0.2, -0.15) is 0 Å². The molecule has 0 heterocycles. The van der Waals surface area contributed by atoms with Gasteiger partial charge in [-0.25, -0.2) is 0 Å². The second kappa shape index (κ2) is 7.69. The van der Waals surface area contributed by atoms with Crippen molar-refractivity contribution in [2.24, 2.45) is 0 Å². The molecule has 0 aromatic heterocycles. The molecule has 2 N–H and O–H groups in total. The fraction of sp³-hybridized carbons (Fsp3) is 0.176. The standard InChI is InChI=1S/C17H18N2O3S/c1-11(20)18-12-4-6-13(7-5-12)19-17(21)15-9-8-14(23-3)10-16(15)22-2/h4-10H,1-3H3,(H,18,20)(H,19,21). The maximum Gasteiger partial charge on any atom is 0.259 e. The molecular formula is C17H18N2O3S. The molecule has 0 atom stereocenters. The lowest BCUT2D eigenvalue weighted by Crippen LogP contribution is -2.13. The van der Waals surface area contributed by atoms with Crippen LogP contribution in [0.25, 0.3) is 0 Å². The van der Waals surface area contributed by atoms with Crippen LogP contribution in [0.3, 0.4) is 0 Å². The average molecular weight is 330 g/mol. The summed E-state index contributed by atoms with van der Waals surface area (Å²) in [6.45, 7) is 1.44. The second-order valence-electron chi connectivity index (χ2n) is 4.78. The number of rotatable bonds is 5. The van der Waals surface area contributed by atoms with E-state index in [-0.39, 0.29) is 11.8 Å². The zero-order valence-electron chi connectivity index (χ0n) is 13.2. The van der Waals surface area contributed by atoms with Crippen molar-refractivity contribution in [1.82, 2.24) is 0 Å². The van der Waals surface area contributed by atoms with Gasteiger partial charge in [0.1, 0.15) is 5.75 Å². The first-order valence-electron chi connectivity index (χ1n) is 6.94. The Kier molecular flexibility index (Phi) is 5.65. The lowest BCUT2D eigenvalue weighted by molar-refractivity contribution is -0.114. The summed E-state index contributed by atoms with van der Waals surface area (Å²) in [5.41, 5.74) is 1.79. The van der Waals surface area contributed by atoms with E-state index in [1.54, 1.807) is 49.2 Å². The van der Waals surface area contributed by atoms with Crippen LogP contribution in [0.4, 0.5) is 11.4 Å². The van der Waals surface area contributed by atoms with E-state index >= 15 is 0 Å². The molecule has 0 aliphatic heterocycles. The number of thioether (sulfide) groups is 1. The number of hydrogen-bond donors (Lipinski definition) is 2. The van der Waals surface area contributed by atoms with E-state index in [2.05, 4.69) is 10.6 Å². The molecule has 5 nitrogen and oxygen atoms in total. The molecule has 0 radical (unpaired) electrons. The van der Waals surface area contributed by atoms with E-state index in [0.717, 1.165) is 4.90 Å². The normalized spacial score (nSPS) is 10.0. The molecule has 0 bridgehead atoms. The monoisotopic (exact) mass is 330 g/mol. The number of carbonyl (C=O) groups excluding carboxylic acids is 2. The maximum absolute atomic E-state index is 12.4. The number of methoxy groups -OCH3 is 1. The van der Waals surface area contributed by atoms with Gasteiger partial charge in [0.25, 0.3) is 5.91 Å². The van der Waals surface area contributed by atoms with Gasteiger partial charge in [-0.1, -0.05) is 0 Å². The van der Waals surface area contributed by atoms with Crippen LogP contribution in [-0.4, -0.2) is 25.2 Å². The lowest BCUT2D eigenvalue weighted by atomic mass is 10.1. The molecule has 2 aromatic rings. The van der Waals surface area contributed by atoms with E-state index < -0.39 is 0 Å². The second-order valence-corrected chi connectivity index (χ2v) is 5.66. The van der Waals surface area contributed by atoms with Gasteiger partial charge >= 0.3 is 0 Å². The van der Waals surface area contributed by atoms with Gasteiger partial charge in [0.2, 0.25) is 5.91 Å². The van der Waals surface area contributed by atoms with Crippen LogP contribution in [0.15, 0.2) is 47.4 Å². The fourth-order valence-electron chi connectivity index (χ4n) is 2.02. The Morgan fingerprint density at radius 2 is 1.61 bits per heavy atom. The molecule has 2 aromatic carbocycles. The van der Waals surface area contributed by atoms with Crippen LogP contribution in [-0.2, 0) is 4.79 Å². The highest BCUT2D eigenvalue weighted by molar-refractivity contribution is 7.98. The predicted octanol–water partition coefficient (Wildman–Crippen LogP) is 3.63. The summed E-state index contributed by atoms with van der Waals surface area (Å²) in [6, 6.07) is 12.4. The predicted molar refractivity (Wildman–Crippen MR) is 93.5 cm³/mol. The number of ether oxygens (including phenoxy) is 1. The van der Waals surface area contributed by atoms with Gasteiger partial charge in [0.05, 0.1) is 12.7 Å². The number of hydrogen-bond acceptors (Lipinski definition) is 4. The van der Waals surface area contributed by atoms with Gasteiger partial charge in [-0.15, -0.1) is 11.8 Å². The van der Waals surface area contributed by atoms with Gasteiger partial charge in [-0.3, -0.25) is 9.59 Å². The lowest BCUT2D eigenvalue weighted by Gasteiger charge is -2.11. The summed E-state index contributed by atoms with van der Waals surface area (Å²) in [6.07, 6.45) is 1.96. The van der Waals surface area contributed by atoms with E-state index in [1.165, 1.54) is 6.92 Å². The minimum Gasteiger partial charge on any atom is -0.496 e. The topological polar surface area (TPSA) is 67.4 Å². The summed E-state index contributed by atoms with van der Waals surface area (Å²) < 4.78 is 5.29. The minimum absolute atomic E-state index is 0.139.